The number of aromatic nitrogens is 3. The van der Waals surface area contributed by atoms with Crippen molar-refractivity contribution < 1.29 is 9.59 Å². The maximum absolute atomic E-state index is 13.3. The summed E-state index contributed by atoms with van der Waals surface area (Å²) >= 11 is 0. The normalized spacial score (nSPS) is 13.6. The van der Waals surface area contributed by atoms with Gasteiger partial charge in [0.25, 0.3) is 5.91 Å². The lowest BCUT2D eigenvalue weighted by atomic mass is 10.1. The van der Waals surface area contributed by atoms with Gasteiger partial charge in [-0.25, -0.2) is 19.7 Å². The average Bonchev–Trinajstić information content (AvgIpc) is 3.34. The number of nitrogens with zero attached hydrogens (tertiary/aromatic N) is 4. The number of H-pyrrole nitrogens is 1. The van der Waals surface area contributed by atoms with Crippen molar-refractivity contribution in [2.45, 2.75) is 0 Å². The van der Waals surface area contributed by atoms with E-state index in [4.69, 9.17) is 0 Å². The third kappa shape index (κ3) is 4.39. The molecule has 3 heterocycles. The van der Waals surface area contributed by atoms with Gasteiger partial charge in [0.15, 0.2) is 0 Å². The highest BCUT2D eigenvalue weighted by atomic mass is 16.2. The molecule has 166 valence electrons. The number of para-hydroxylation sites is 1. The van der Waals surface area contributed by atoms with Crippen molar-refractivity contribution in [3.8, 4) is 0 Å². The Morgan fingerprint density at radius 2 is 1.73 bits per heavy atom. The smallest absolute Gasteiger partial charge is 0.333 e. The van der Waals surface area contributed by atoms with E-state index in [1.54, 1.807) is 36.7 Å². The molecular formula is C24H23N7O2. The summed E-state index contributed by atoms with van der Waals surface area (Å²) in [5.41, 5.74) is 3.30. The predicted molar refractivity (Wildman–Crippen MR) is 127 cm³/mol. The lowest BCUT2D eigenvalue weighted by Crippen LogP contribution is -2.46. The minimum absolute atomic E-state index is 0.00602. The summed E-state index contributed by atoms with van der Waals surface area (Å²) in [4.78, 5) is 41.2. The standard InChI is InChI=1S/C24H23N7O2/c32-22(30-14-12-25-13-15-30)17-6-8-18(9-7-17)28-24(33)31(19-4-2-1-3-5-19)23-27-16-21-20(29-23)10-11-26-21/h1-11,16,25-26H,12-15H2,(H,28,33). The van der Waals surface area contributed by atoms with Crippen LogP contribution in [-0.2, 0) is 0 Å². The molecule has 0 bridgehead atoms. The van der Waals surface area contributed by atoms with Crippen LogP contribution in [0.3, 0.4) is 0 Å². The van der Waals surface area contributed by atoms with E-state index >= 15 is 0 Å². The van der Waals surface area contributed by atoms with E-state index in [0.717, 1.165) is 18.6 Å². The van der Waals surface area contributed by atoms with Crippen LogP contribution in [0.1, 0.15) is 10.4 Å². The lowest BCUT2D eigenvalue weighted by Gasteiger charge is -2.27. The van der Waals surface area contributed by atoms with Gasteiger partial charge in [0.1, 0.15) is 0 Å². The first-order valence-electron chi connectivity index (χ1n) is 10.8. The van der Waals surface area contributed by atoms with E-state index in [9.17, 15) is 9.59 Å². The Labute approximate surface area is 190 Å². The van der Waals surface area contributed by atoms with Crippen LogP contribution in [0.25, 0.3) is 11.0 Å². The number of hydrogen-bond donors (Lipinski definition) is 3. The summed E-state index contributed by atoms with van der Waals surface area (Å²) in [5.74, 6) is 0.254. The minimum atomic E-state index is -0.405. The van der Waals surface area contributed by atoms with Crippen LogP contribution >= 0.6 is 0 Å². The monoisotopic (exact) mass is 441 g/mol. The molecule has 2 aromatic carbocycles. The summed E-state index contributed by atoms with van der Waals surface area (Å²) in [6.45, 7) is 2.97. The van der Waals surface area contributed by atoms with Gasteiger partial charge in [0.2, 0.25) is 5.95 Å². The SMILES string of the molecule is O=C(c1ccc(NC(=O)N(c2ccccc2)c2ncc3[nH]ccc3n2)cc1)N1CCNCC1. The third-order valence-corrected chi connectivity index (χ3v) is 5.49. The number of anilines is 3. The molecule has 4 aromatic rings. The highest BCUT2D eigenvalue weighted by molar-refractivity contribution is 6.06. The molecular weight excluding hydrogens is 418 g/mol. The van der Waals surface area contributed by atoms with Gasteiger partial charge in [0.05, 0.1) is 22.9 Å². The molecule has 3 N–H and O–H groups in total. The van der Waals surface area contributed by atoms with E-state index in [1.807, 2.05) is 41.3 Å². The summed E-state index contributed by atoms with van der Waals surface area (Å²) in [6.07, 6.45) is 3.43. The molecule has 0 saturated carbocycles. The first kappa shape index (κ1) is 20.7. The highest BCUT2D eigenvalue weighted by Gasteiger charge is 2.22. The molecule has 1 aliphatic rings. The second-order valence-electron chi connectivity index (χ2n) is 7.67. The average molecular weight is 441 g/mol. The Balaban J connectivity index is 1.37. The molecule has 2 aromatic heterocycles. The van der Waals surface area contributed by atoms with Crippen LogP contribution in [0.15, 0.2) is 73.1 Å². The fraction of sp³-hybridized carbons (Fsp3) is 0.167. The number of piperazine rings is 1. The van der Waals surface area contributed by atoms with Crippen LogP contribution < -0.4 is 15.5 Å². The van der Waals surface area contributed by atoms with Crippen LogP contribution in [0, 0.1) is 0 Å². The summed E-state index contributed by atoms with van der Waals surface area (Å²) in [7, 11) is 0. The van der Waals surface area contributed by atoms with Gasteiger partial charge >= 0.3 is 6.03 Å². The zero-order valence-corrected chi connectivity index (χ0v) is 17.9. The van der Waals surface area contributed by atoms with Crippen molar-refractivity contribution >= 4 is 40.3 Å². The van der Waals surface area contributed by atoms with Gasteiger partial charge in [-0.15, -0.1) is 0 Å². The molecule has 0 spiro atoms. The second kappa shape index (κ2) is 9.09. The molecule has 1 aliphatic heterocycles. The number of fused-ring (bicyclic) bond motifs is 1. The first-order chi connectivity index (χ1) is 16.2. The number of carbonyl (C=O) groups is 2. The van der Waals surface area contributed by atoms with Crippen molar-refractivity contribution in [3.63, 3.8) is 0 Å². The van der Waals surface area contributed by atoms with Gasteiger partial charge in [-0.3, -0.25) is 4.79 Å². The Morgan fingerprint density at radius 3 is 2.48 bits per heavy atom. The third-order valence-electron chi connectivity index (χ3n) is 5.49. The number of carbonyl (C=O) groups excluding carboxylic acids is 2. The maximum Gasteiger partial charge on any atom is 0.333 e. The number of benzene rings is 2. The van der Waals surface area contributed by atoms with Gasteiger partial charge in [-0.2, -0.15) is 0 Å². The zero-order valence-electron chi connectivity index (χ0n) is 17.9. The number of urea groups is 1. The van der Waals surface area contributed by atoms with Crippen molar-refractivity contribution in [2.75, 3.05) is 36.4 Å². The summed E-state index contributed by atoms with van der Waals surface area (Å²) in [5, 5.41) is 6.13. The van der Waals surface area contributed by atoms with Crippen molar-refractivity contribution in [1.82, 2.24) is 25.2 Å². The Kier molecular flexibility index (Phi) is 5.69. The van der Waals surface area contributed by atoms with Crippen molar-refractivity contribution in [3.05, 3.63) is 78.6 Å². The fourth-order valence-electron chi connectivity index (χ4n) is 3.77. The highest BCUT2D eigenvalue weighted by Crippen LogP contribution is 2.25. The molecule has 3 amide bonds. The van der Waals surface area contributed by atoms with Crippen LogP contribution in [0.2, 0.25) is 0 Å². The van der Waals surface area contributed by atoms with Crippen LogP contribution in [-0.4, -0.2) is 58.0 Å². The molecule has 5 rings (SSSR count). The van der Waals surface area contributed by atoms with E-state index in [0.29, 0.717) is 35.5 Å². The molecule has 9 heteroatoms. The molecule has 0 aliphatic carbocycles. The van der Waals surface area contributed by atoms with E-state index in [1.165, 1.54) is 4.90 Å². The van der Waals surface area contributed by atoms with E-state index in [2.05, 4.69) is 25.6 Å². The summed E-state index contributed by atoms with van der Waals surface area (Å²) < 4.78 is 0. The lowest BCUT2D eigenvalue weighted by molar-refractivity contribution is 0.0736. The number of nitrogens with one attached hydrogen (secondary N) is 3. The summed E-state index contributed by atoms with van der Waals surface area (Å²) in [6, 6.07) is 17.6. The fourth-order valence-corrected chi connectivity index (χ4v) is 3.77. The topological polar surface area (TPSA) is 106 Å². The van der Waals surface area contributed by atoms with Crippen molar-refractivity contribution in [1.29, 1.82) is 0 Å². The van der Waals surface area contributed by atoms with Gasteiger partial charge in [0, 0.05) is 43.6 Å². The number of rotatable bonds is 4. The van der Waals surface area contributed by atoms with E-state index < -0.39 is 6.03 Å². The second-order valence-corrected chi connectivity index (χ2v) is 7.67. The first-order valence-corrected chi connectivity index (χ1v) is 10.8. The molecule has 1 saturated heterocycles. The Bertz CT molecular complexity index is 1260. The van der Waals surface area contributed by atoms with Crippen molar-refractivity contribution in [2.24, 2.45) is 0 Å². The van der Waals surface area contributed by atoms with Gasteiger partial charge in [-0.05, 0) is 42.5 Å². The molecule has 33 heavy (non-hydrogen) atoms. The predicted octanol–water partition coefficient (Wildman–Crippen LogP) is 3.37. The van der Waals surface area contributed by atoms with Gasteiger partial charge in [-0.1, -0.05) is 18.2 Å². The number of amides is 3. The van der Waals surface area contributed by atoms with Crippen LogP contribution in [0.5, 0.6) is 0 Å². The number of aromatic amines is 1. The molecule has 1 fully saturated rings. The van der Waals surface area contributed by atoms with E-state index in [-0.39, 0.29) is 11.9 Å². The molecule has 0 radical (unpaired) electrons. The Morgan fingerprint density at radius 1 is 0.970 bits per heavy atom. The molecule has 0 atom stereocenters. The molecule has 0 unspecified atom stereocenters. The van der Waals surface area contributed by atoms with Crippen LogP contribution in [0.4, 0.5) is 22.1 Å². The minimum Gasteiger partial charge on any atom is -0.359 e. The number of hydrogen-bond acceptors (Lipinski definition) is 5. The van der Waals surface area contributed by atoms with Gasteiger partial charge < -0.3 is 20.5 Å². The zero-order chi connectivity index (χ0) is 22.6. The maximum atomic E-state index is 13.3. The largest absolute Gasteiger partial charge is 0.359 e. The quantitative estimate of drug-likeness (QED) is 0.450. The Hall–Kier alpha value is -4.24. The molecule has 9 nitrogen and oxygen atoms in total.